The Kier molecular flexibility index (Phi) is 4.19. The van der Waals surface area contributed by atoms with E-state index in [4.69, 9.17) is 0 Å². The van der Waals surface area contributed by atoms with Gasteiger partial charge in [0.15, 0.2) is 0 Å². The van der Waals surface area contributed by atoms with Crippen molar-refractivity contribution in [1.29, 1.82) is 0 Å². The van der Waals surface area contributed by atoms with Gasteiger partial charge in [-0.3, -0.25) is 24.3 Å². The van der Waals surface area contributed by atoms with Crippen LogP contribution in [0.15, 0.2) is 59.4 Å². The molecule has 0 unspecified atom stereocenters. The van der Waals surface area contributed by atoms with E-state index in [1.165, 1.54) is 34.4 Å². The number of amides is 1. The van der Waals surface area contributed by atoms with Crippen LogP contribution in [0.4, 0.5) is 5.69 Å². The third-order valence-electron chi connectivity index (χ3n) is 4.96. The summed E-state index contributed by atoms with van der Waals surface area (Å²) in [6.45, 7) is 1.05. The topological polar surface area (TPSA) is 85.4 Å². The summed E-state index contributed by atoms with van der Waals surface area (Å²) >= 11 is 0. The first kappa shape index (κ1) is 17.0. The van der Waals surface area contributed by atoms with Crippen LogP contribution < -0.4 is 5.56 Å². The molecule has 0 N–H and O–H groups in total. The van der Waals surface area contributed by atoms with Crippen LogP contribution in [-0.4, -0.2) is 26.8 Å². The van der Waals surface area contributed by atoms with Gasteiger partial charge in [0.25, 0.3) is 11.2 Å². The van der Waals surface area contributed by atoms with Gasteiger partial charge in [0.2, 0.25) is 5.91 Å². The molecule has 1 aliphatic heterocycles. The number of carbonyl (C=O) groups is 1. The number of nitrogens with zero attached hydrogens (tertiary/aromatic N) is 3. The molecule has 0 spiro atoms. The molecule has 3 aromatic rings. The van der Waals surface area contributed by atoms with Crippen molar-refractivity contribution < 1.29 is 9.72 Å². The van der Waals surface area contributed by atoms with Gasteiger partial charge in [0.05, 0.1) is 10.4 Å². The van der Waals surface area contributed by atoms with Gasteiger partial charge in [-0.05, 0) is 29.7 Å². The van der Waals surface area contributed by atoms with Crippen molar-refractivity contribution >= 4 is 22.5 Å². The van der Waals surface area contributed by atoms with Crippen molar-refractivity contribution in [2.24, 2.45) is 0 Å². The van der Waals surface area contributed by atoms with Crippen molar-refractivity contribution in [3.63, 3.8) is 0 Å². The number of hydrogen-bond donors (Lipinski definition) is 0. The molecule has 136 valence electrons. The van der Waals surface area contributed by atoms with Crippen molar-refractivity contribution in [3.8, 4) is 0 Å². The second-order valence-corrected chi connectivity index (χ2v) is 6.59. The first-order valence-corrected chi connectivity index (χ1v) is 8.65. The third kappa shape index (κ3) is 3.19. The monoisotopic (exact) mass is 363 g/mol. The van der Waals surface area contributed by atoms with Gasteiger partial charge in [-0.15, -0.1) is 0 Å². The highest BCUT2D eigenvalue weighted by atomic mass is 16.6. The molecule has 7 nitrogen and oxygen atoms in total. The average Bonchev–Trinajstić information content (AvgIpc) is 2.69. The minimum absolute atomic E-state index is 0.0494. The van der Waals surface area contributed by atoms with Gasteiger partial charge in [0, 0.05) is 36.7 Å². The molecule has 1 aliphatic rings. The summed E-state index contributed by atoms with van der Waals surface area (Å²) in [5.74, 6) is -0.141. The molecule has 1 aromatic heterocycles. The molecule has 0 saturated carbocycles. The maximum atomic E-state index is 12.8. The summed E-state index contributed by atoms with van der Waals surface area (Å²) in [6.07, 6.45) is 0.790. The predicted molar refractivity (Wildman–Crippen MR) is 100 cm³/mol. The lowest BCUT2D eigenvalue weighted by Crippen LogP contribution is -2.39. The van der Waals surface area contributed by atoms with Crippen LogP contribution in [0.2, 0.25) is 0 Å². The first-order chi connectivity index (χ1) is 13.0. The van der Waals surface area contributed by atoms with E-state index in [1.54, 1.807) is 11.0 Å². The Balaban J connectivity index is 1.63. The number of nitro benzene ring substituents is 1. The highest BCUT2D eigenvalue weighted by Crippen LogP contribution is 2.21. The molecular weight excluding hydrogens is 346 g/mol. The van der Waals surface area contributed by atoms with Gasteiger partial charge < -0.3 is 4.90 Å². The van der Waals surface area contributed by atoms with Crippen LogP contribution >= 0.6 is 0 Å². The maximum absolute atomic E-state index is 12.8. The van der Waals surface area contributed by atoms with E-state index in [2.05, 4.69) is 6.07 Å². The number of pyridine rings is 1. The fraction of sp³-hybridized carbons (Fsp3) is 0.200. The normalized spacial score (nSPS) is 13.4. The van der Waals surface area contributed by atoms with Crippen LogP contribution in [0.3, 0.4) is 0 Å². The molecule has 4 rings (SSSR count). The summed E-state index contributed by atoms with van der Waals surface area (Å²) in [5, 5.41) is 11.5. The zero-order valence-electron chi connectivity index (χ0n) is 14.5. The molecular formula is C20H17N3O4. The van der Waals surface area contributed by atoms with Crippen molar-refractivity contribution in [2.45, 2.75) is 19.5 Å². The zero-order valence-corrected chi connectivity index (χ0v) is 14.5. The summed E-state index contributed by atoms with van der Waals surface area (Å²) in [4.78, 5) is 37.4. The van der Waals surface area contributed by atoms with Crippen LogP contribution in [0, 0.1) is 10.1 Å². The molecule has 2 aromatic carbocycles. The number of rotatable bonds is 3. The molecule has 0 radical (unpaired) electrons. The van der Waals surface area contributed by atoms with E-state index in [1.807, 2.05) is 18.2 Å². The van der Waals surface area contributed by atoms with Gasteiger partial charge in [-0.25, -0.2) is 0 Å². The molecule has 0 bridgehead atoms. The predicted octanol–water partition coefficient (Wildman–Crippen LogP) is 2.49. The Morgan fingerprint density at radius 3 is 2.63 bits per heavy atom. The van der Waals surface area contributed by atoms with E-state index < -0.39 is 4.92 Å². The molecule has 0 saturated heterocycles. The maximum Gasteiger partial charge on any atom is 0.270 e. The number of carbonyl (C=O) groups excluding carboxylic acids is 1. The summed E-state index contributed by atoms with van der Waals surface area (Å²) in [7, 11) is 0. The van der Waals surface area contributed by atoms with Gasteiger partial charge in [-0.2, -0.15) is 0 Å². The first-order valence-electron chi connectivity index (χ1n) is 8.65. The fourth-order valence-corrected chi connectivity index (χ4v) is 3.51. The minimum Gasteiger partial charge on any atom is -0.336 e. The molecule has 2 heterocycles. The largest absolute Gasteiger partial charge is 0.336 e. The third-order valence-corrected chi connectivity index (χ3v) is 4.96. The quantitative estimate of drug-likeness (QED) is 0.528. The summed E-state index contributed by atoms with van der Waals surface area (Å²) in [6, 6.07) is 15.2. The molecule has 27 heavy (non-hydrogen) atoms. The van der Waals surface area contributed by atoms with Crippen molar-refractivity contribution in [3.05, 3.63) is 86.2 Å². The average molecular weight is 363 g/mol. The molecule has 7 heteroatoms. The highest BCUT2D eigenvalue weighted by Gasteiger charge is 2.21. The Bertz CT molecular complexity index is 1120. The lowest BCUT2D eigenvalue weighted by atomic mass is 10.00. The van der Waals surface area contributed by atoms with Crippen LogP contribution in [0.1, 0.15) is 11.1 Å². The van der Waals surface area contributed by atoms with Crippen LogP contribution in [0.25, 0.3) is 10.9 Å². The minimum atomic E-state index is -0.481. The van der Waals surface area contributed by atoms with E-state index in [0.717, 1.165) is 12.0 Å². The fourth-order valence-electron chi connectivity index (χ4n) is 3.51. The zero-order chi connectivity index (χ0) is 19.0. The Morgan fingerprint density at radius 1 is 1.07 bits per heavy atom. The number of nitro groups is 1. The lowest BCUT2D eigenvalue weighted by molar-refractivity contribution is -0.384. The Morgan fingerprint density at radius 2 is 1.85 bits per heavy atom. The van der Waals surface area contributed by atoms with Gasteiger partial charge in [-0.1, -0.05) is 24.3 Å². The van der Waals surface area contributed by atoms with E-state index in [0.29, 0.717) is 24.0 Å². The van der Waals surface area contributed by atoms with Crippen molar-refractivity contribution in [1.82, 2.24) is 9.47 Å². The molecule has 0 fully saturated rings. The standard InChI is InChI=1S/C20H17N3O4/c24-19-8-5-15-11-17(23(26)27)6-7-18(15)22(19)13-20(25)21-10-9-14-3-1-2-4-16(14)12-21/h1-8,11H,9-10,12-13H2. The second kappa shape index (κ2) is 6.68. The van der Waals surface area contributed by atoms with E-state index in [-0.39, 0.29) is 23.7 Å². The smallest absolute Gasteiger partial charge is 0.270 e. The number of non-ortho nitro benzene ring substituents is 1. The highest BCUT2D eigenvalue weighted by molar-refractivity contribution is 5.84. The molecule has 1 amide bonds. The second-order valence-electron chi connectivity index (χ2n) is 6.59. The van der Waals surface area contributed by atoms with E-state index in [9.17, 15) is 19.7 Å². The summed E-state index contributed by atoms with van der Waals surface area (Å²) < 4.78 is 1.38. The SMILES string of the molecule is O=C(Cn1c(=O)ccc2cc([N+](=O)[O-])ccc21)N1CCc2ccccc2C1. The molecule has 0 atom stereocenters. The van der Waals surface area contributed by atoms with Crippen molar-refractivity contribution in [2.75, 3.05) is 6.54 Å². The Labute approximate surface area is 154 Å². The number of fused-ring (bicyclic) bond motifs is 2. The molecule has 0 aliphatic carbocycles. The summed E-state index contributed by atoms with van der Waals surface area (Å²) in [5.41, 5.74) is 2.53. The number of hydrogen-bond acceptors (Lipinski definition) is 4. The Hall–Kier alpha value is -3.48. The van der Waals surface area contributed by atoms with Crippen LogP contribution in [-0.2, 0) is 24.3 Å². The van der Waals surface area contributed by atoms with Crippen LogP contribution in [0.5, 0.6) is 0 Å². The lowest BCUT2D eigenvalue weighted by Gasteiger charge is -2.29. The number of benzene rings is 2. The van der Waals surface area contributed by atoms with Gasteiger partial charge >= 0.3 is 0 Å². The van der Waals surface area contributed by atoms with E-state index >= 15 is 0 Å². The number of aromatic nitrogens is 1. The van der Waals surface area contributed by atoms with Gasteiger partial charge in [0.1, 0.15) is 6.54 Å².